The molecule has 0 aromatic heterocycles. The van der Waals surface area contributed by atoms with Crippen molar-refractivity contribution in [2.45, 2.75) is 26.4 Å². The molecule has 0 bridgehead atoms. The summed E-state index contributed by atoms with van der Waals surface area (Å²) in [6.07, 6.45) is 0.424. The van der Waals surface area contributed by atoms with Gasteiger partial charge in [0.1, 0.15) is 13.2 Å². The first-order chi connectivity index (χ1) is 7.22. The van der Waals surface area contributed by atoms with Gasteiger partial charge in [0.25, 0.3) is 0 Å². The van der Waals surface area contributed by atoms with Crippen molar-refractivity contribution >= 4 is 0 Å². The molecule has 1 N–H and O–H groups in total. The van der Waals surface area contributed by atoms with E-state index in [0.29, 0.717) is 13.2 Å². The number of aliphatic hydroxyl groups excluding tert-OH is 1. The van der Waals surface area contributed by atoms with Crippen LogP contribution in [-0.2, 0) is 6.42 Å². The highest BCUT2D eigenvalue weighted by molar-refractivity contribution is 5.48. The summed E-state index contributed by atoms with van der Waals surface area (Å²) in [6, 6.07) is 3.86. The molecule has 1 aliphatic heterocycles. The molecule has 3 nitrogen and oxygen atoms in total. The third-order valence-corrected chi connectivity index (χ3v) is 2.64. The molecule has 0 radical (unpaired) electrons. The van der Waals surface area contributed by atoms with Gasteiger partial charge in [-0.15, -0.1) is 0 Å². The lowest BCUT2D eigenvalue weighted by Gasteiger charge is -2.21. The van der Waals surface area contributed by atoms with Gasteiger partial charge >= 0.3 is 0 Å². The van der Waals surface area contributed by atoms with Gasteiger partial charge in [-0.3, -0.25) is 0 Å². The third kappa shape index (κ3) is 1.92. The van der Waals surface area contributed by atoms with Crippen molar-refractivity contribution in [2.24, 2.45) is 0 Å². The Hall–Kier alpha value is -1.22. The fourth-order valence-electron chi connectivity index (χ4n) is 1.84. The van der Waals surface area contributed by atoms with E-state index in [1.54, 1.807) is 6.92 Å². The summed E-state index contributed by atoms with van der Waals surface area (Å²) >= 11 is 0. The highest BCUT2D eigenvalue weighted by Crippen LogP contribution is 2.35. The molecule has 3 heteroatoms. The predicted molar refractivity (Wildman–Crippen MR) is 57.4 cm³/mol. The van der Waals surface area contributed by atoms with Crippen molar-refractivity contribution in [2.75, 3.05) is 13.2 Å². The summed E-state index contributed by atoms with van der Waals surface area (Å²) in [5.41, 5.74) is 2.05. The van der Waals surface area contributed by atoms with Crippen LogP contribution in [0.1, 0.15) is 31.1 Å². The molecule has 0 saturated carbocycles. The van der Waals surface area contributed by atoms with Crippen molar-refractivity contribution in [3.05, 3.63) is 23.3 Å². The van der Waals surface area contributed by atoms with Crippen LogP contribution in [0.5, 0.6) is 11.5 Å². The van der Waals surface area contributed by atoms with E-state index in [0.717, 1.165) is 29.0 Å². The molecule has 1 heterocycles. The van der Waals surface area contributed by atoms with Crippen LogP contribution >= 0.6 is 0 Å². The van der Waals surface area contributed by atoms with E-state index in [9.17, 15) is 5.11 Å². The van der Waals surface area contributed by atoms with Gasteiger partial charge in [0, 0.05) is 0 Å². The Balaban J connectivity index is 2.46. The first-order valence-electron chi connectivity index (χ1n) is 5.33. The maximum absolute atomic E-state index is 9.64. The molecule has 82 valence electrons. The molecule has 1 aromatic carbocycles. The molecule has 1 unspecified atom stereocenters. The third-order valence-electron chi connectivity index (χ3n) is 2.64. The van der Waals surface area contributed by atoms with Gasteiger partial charge in [-0.05, 0) is 36.6 Å². The van der Waals surface area contributed by atoms with E-state index in [-0.39, 0.29) is 0 Å². The lowest BCUT2D eigenvalue weighted by molar-refractivity contribution is 0.168. The Morgan fingerprint density at radius 1 is 1.27 bits per heavy atom. The second-order valence-electron chi connectivity index (χ2n) is 3.72. The Morgan fingerprint density at radius 2 is 1.87 bits per heavy atom. The Kier molecular flexibility index (Phi) is 2.82. The molecule has 1 atom stereocenters. The molecule has 2 rings (SSSR count). The van der Waals surface area contributed by atoms with Crippen LogP contribution in [-0.4, -0.2) is 18.3 Å². The lowest BCUT2D eigenvalue weighted by Crippen LogP contribution is -2.16. The summed E-state index contributed by atoms with van der Waals surface area (Å²) in [4.78, 5) is 0. The Bertz CT molecular complexity index is 358. The van der Waals surface area contributed by atoms with Gasteiger partial charge in [0.05, 0.1) is 6.10 Å². The van der Waals surface area contributed by atoms with Crippen LogP contribution in [0.15, 0.2) is 12.1 Å². The number of aryl methyl sites for hydroxylation is 1. The summed E-state index contributed by atoms with van der Waals surface area (Å²) in [7, 11) is 0. The number of hydrogen-bond acceptors (Lipinski definition) is 3. The van der Waals surface area contributed by atoms with Gasteiger partial charge in [0.15, 0.2) is 11.5 Å². The molecule has 0 spiro atoms. The van der Waals surface area contributed by atoms with E-state index >= 15 is 0 Å². The second-order valence-corrected chi connectivity index (χ2v) is 3.72. The number of hydrogen-bond donors (Lipinski definition) is 1. The van der Waals surface area contributed by atoms with Gasteiger partial charge in [-0.2, -0.15) is 0 Å². The fraction of sp³-hybridized carbons (Fsp3) is 0.500. The predicted octanol–water partition coefficient (Wildman–Crippen LogP) is 2.07. The quantitative estimate of drug-likeness (QED) is 0.808. The Morgan fingerprint density at radius 3 is 2.40 bits per heavy atom. The average molecular weight is 208 g/mol. The van der Waals surface area contributed by atoms with E-state index in [4.69, 9.17) is 9.47 Å². The first kappa shape index (κ1) is 10.3. The van der Waals surface area contributed by atoms with E-state index in [1.807, 2.05) is 12.1 Å². The highest BCUT2D eigenvalue weighted by Gasteiger charge is 2.16. The van der Waals surface area contributed by atoms with Gasteiger partial charge in [-0.1, -0.05) is 6.92 Å². The van der Waals surface area contributed by atoms with Crippen molar-refractivity contribution in [1.82, 2.24) is 0 Å². The summed E-state index contributed by atoms with van der Waals surface area (Å²) in [6.45, 7) is 5.02. The van der Waals surface area contributed by atoms with Crippen LogP contribution in [0.3, 0.4) is 0 Å². The van der Waals surface area contributed by atoms with Crippen molar-refractivity contribution < 1.29 is 14.6 Å². The molecular weight excluding hydrogens is 192 g/mol. The molecule has 0 fully saturated rings. The minimum atomic E-state index is -0.462. The van der Waals surface area contributed by atoms with E-state index < -0.39 is 6.10 Å². The largest absolute Gasteiger partial charge is 0.486 e. The zero-order chi connectivity index (χ0) is 10.8. The number of ether oxygens (including phenoxy) is 2. The topological polar surface area (TPSA) is 38.7 Å². The normalized spacial score (nSPS) is 16.2. The van der Waals surface area contributed by atoms with Crippen molar-refractivity contribution in [3.8, 4) is 11.5 Å². The van der Waals surface area contributed by atoms with Crippen LogP contribution < -0.4 is 9.47 Å². The number of fused-ring (bicyclic) bond motifs is 1. The molecule has 1 aromatic rings. The molecule has 0 saturated heterocycles. The number of rotatable bonds is 2. The molecule has 0 amide bonds. The van der Waals surface area contributed by atoms with Crippen LogP contribution in [0.25, 0.3) is 0 Å². The maximum Gasteiger partial charge on any atom is 0.161 e. The average Bonchev–Trinajstić information content (AvgIpc) is 2.27. The van der Waals surface area contributed by atoms with Crippen molar-refractivity contribution in [1.29, 1.82) is 0 Å². The fourth-order valence-corrected chi connectivity index (χ4v) is 1.84. The lowest BCUT2D eigenvalue weighted by atomic mass is 10.00. The van der Waals surface area contributed by atoms with E-state index in [2.05, 4.69) is 6.92 Å². The van der Waals surface area contributed by atoms with Gasteiger partial charge in [0.2, 0.25) is 0 Å². The maximum atomic E-state index is 9.64. The summed E-state index contributed by atoms with van der Waals surface area (Å²) in [5, 5.41) is 9.64. The Labute approximate surface area is 89.6 Å². The summed E-state index contributed by atoms with van der Waals surface area (Å²) in [5.74, 6) is 1.54. The highest BCUT2D eigenvalue weighted by atomic mass is 16.6. The zero-order valence-corrected chi connectivity index (χ0v) is 9.12. The molecule has 0 aliphatic carbocycles. The molecule has 15 heavy (non-hydrogen) atoms. The zero-order valence-electron chi connectivity index (χ0n) is 9.12. The van der Waals surface area contributed by atoms with Crippen LogP contribution in [0.4, 0.5) is 0 Å². The van der Waals surface area contributed by atoms with E-state index in [1.165, 1.54) is 0 Å². The second kappa shape index (κ2) is 4.11. The SMILES string of the molecule is CCc1cc2c(cc1C(C)O)OCCO2. The van der Waals surface area contributed by atoms with Crippen molar-refractivity contribution in [3.63, 3.8) is 0 Å². The molecule has 1 aliphatic rings. The smallest absolute Gasteiger partial charge is 0.161 e. The minimum Gasteiger partial charge on any atom is -0.486 e. The minimum absolute atomic E-state index is 0.462. The number of benzene rings is 1. The molecular formula is C12H16O3. The van der Waals surface area contributed by atoms with Crippen LogP contribution in [0.2, 0.25) is 0 Å². The summed E-state index contributed by atoms with van der Waals surface area (Å²) < 4.78 is 11.0. The van der Waals surface area contributed by atoms with Gasteiger partial charge < -0.3 is 14.6 Å². The first-order valence-corrected chi connectivity index (χ1v) is 5.33. The van der Waals surface area contributed by atoms with Gasteiger partial charge in [-0.25, -0.2) is 0 Å². The monoisotopic (exact) mass is 208 g/mol. The standard InChI is InChI=1S/C12H16O3/c1-3-9-6-11-12(15-5-4-14-11)7-10(9)8(2)13/h6-8,13H,3-5H2,1-2H3. The van der Waals surface area contributed by atoms with Crippen LogP contribution in [0, 0.1) is 0 Å². The number of aliphatic hydroxyl groups is 1.